The van der Waals surface area contributed by atoms with E-state index in [0.717, 1.165) is 0 Å². The number of methoxy groups -OCH3 is 1. The molecule has 1 rings (SSSR count). The van der Waals surface area contributed by atoms with Crippen LogP contribution in [0.2, 0.25) is 0 Å². The molecule has 0 amide bonds. The first-order valence-corrected chi connectivity index (χ1v) is 5.78. The van der Waals surface area contributed by atoms with Gasteiger partial charge in [0.2, 0.25) is 0 Å². The van der Waals surface area contributed by atoms with E-state index < -0.39 is 10.4 Å². The molecule has 0 N–H and O–H groups in total. The van der Waals surface area contributed by atoms with Crippen molar-refractivity contribution in [2.45, 2.75) is 6.61 Å². The van der Waals surface area contributed by atoms with E-state index in [9.17, 15) is 14.9 Å². The van der Waals surface area contributed by atoms with Crippen LogP contribution in [0.1, 0.15) is 5.56 Å². The number of carbonyl (C=O) groups is 1. The van der Waals surface area contributed by atoms with Crippen LogP contribution in [0.15, 0.2) is 24.8 Å². The number of rotatable bonds is 7. The zero-order chi connectivity index (χ0) is 15.1. The van der Waals surface area contributed by atoms with Crippen LogP contribution < -0.4 is 9.47 Å². The van der Waals surface area contributed by atoms with Crippen LogP contribution >= 0.6 is 11.6 Å². The summed E-state index contributed by atoms with van der Waals surface area (Å²) >= 11 is 5.04. The van der Waals surface area contributed by atoms with Crippen molar-refractivity contribution in [3.8, 4) is 11.5 Å². The van der Waals surface area contributed by atoms with Gasteiger partial charge in [-0.2, -0.15) is 0 Å². The first-order chi connectivity index (χ1) is 9.49. The number of halogens is 1. The summed E-state index contributed by atoms with van der Waals surface area (Å²) in [5, 5.41) is 11.0. The molecule has 1 aromatic carbocycles. The Morgan fingerprint density at radius 1 is 1.50 bits per heavy atom. The van der Waals surface area contributed by atoms with Crippen molar-refractivity contribution in [3.05, 3.63) is 40.5 Å². The smallest absolute Gasteiger partial charge is 0.404 e. The minimum Gasteiger partial charge on any atom is -0.493 e. The number of carbonyl (C=O) groups excluding carboxylic acids is 1. The molecule has 0 aromatic heterocycles. The van der Waals surface area contributed by atoms with Crippen LogP contribution in [0.5, 0.6) is 11.5 Å². The Labute approximate surface area is 119 Å². The summed E-state index contributed by atoms with van der Waals surface area (Å²) < 4.78 is 14.9. The van der Waals surface area contributed by atoms with Gasteiger partial charge >= 0.3 is 5.43 Å². The minimum absolute atomic E-state index is 0.145. The molecule has 0 saturated heterocycles. The van der Waals surface area contributed by atoms with Crippen LogP contribution in [-0.2, 0) is 11.3 Å². The molecular formula is C12H12ClNO6. The Kier molecular flexibility index (Phi) is 5.79. The lowest BCUT2D eigenvalue weighted by Gasteiger charge is -2.11. The summed E-state index contributed by atoms with van der Waals surface area (Å²) in [7, 11) is 1.39. The normalized spacial score (nSPS) is 9.70. The average molecular weight is 302 g/mol. The Balaban J connectivity index is 3.18. The zero-order valence-electron chi connectivity index (χ0n) is 10.6. The maximum absolute atomic E-state index is 11.0. The van der Waals surface area contributed by atoms with E-state index in [1.54, 1.807) is 0 Å². The fourth-order valence-electron chi connectivity index (χ4n) is 1.43. The third kappa shape index (κ3) is 4.13. The molecule has 0 saturated carbocycles. The predicted octanol–water partition coefficient (Wildman–Crippen LogP) is 3.04. The molecule has 0 spiro atoms. The highest BCUT2D eigenvalue weighted by Gasteiger charge is 2.20. The molecule has 0 radical (unpaired) electrons. The summed E-state index contributed by atoms with van der Waals surface area (Å²) in [6.45, 7) is 3.32. The van der Waals surface area contributed by atoms with E-state index in [-0.39, 0.29) is 36.0 Å². The van der Waals surface area contributed by atoms with Gasteiger partial charge in [0.25, 0.3) is 5.69 Å². The molecule has 8 heteroatoms. The SMILES string of the molecule is C=CCOc1cc([N+](=O)[O-])c(COC(=O)Cl)cc1OC. The van der Waals surface area contributed by atoms with E-state index in [1.807, 2.05) is 0 Å². The van der Waals surface area contributed by atoms with Crippen molar-refractivity contribution in [2.75, 3.05) is 13.7 Å². The quantitative estimate of drug-likeness (QED) is 0.333. The van der Waals surface area contributed by atoms with Gasteiger partial charge in [0.15, 0.2) is 11.5 Å². The number of nitro benzene ring substituents is 1. The molecule has 7 nitrogen and oxygen atoms in total. The highest BCUT2D eigenvalue weighted by atomic mass is 35.5. The van der Waals surface area contributed by atoms with Crippen molar-refractivity contribution in [3.63, 3.8) is 0 Å². The monoisotopic (exact) mass is 301 g/mol. The Hall–Kier alpha value is -2.28. The maximum Gasteiger partial charge on any atom is 0.404 e. The Morgan fingerprint density at radius 3 is 2.70 bits per heavy atom. The molecule has 0 unspecified atom stereocenters. The lowest BCUT2D eigenvalue weighted by molar-refractivity contribution is -0.385. The third-order valence-electron chi connectivity index (χ3n) is 2.26. The van der Waals surface area contributed by atoms with Crippen molar-refractivity contribution in [1.29, 1.82) is 0 Å². The molecular weight excluding hydrogens is 290 g/mol. The topological polar surface area (TPSA) is 87.9 Å². The second-order valence-electron chi connectivity index (χ2n) is 3.51. The van der Waals surface area contributed by atoms with Crippen molar-refractivity contribution < 1.29 is 23.9 Å². The van der Waals surface area contributed by atoms with Crippen LogP contribution in [0, 0.1) is 10.1 Å². The number of hydrogen-bond acceptors (Lipinski definition) is 6. The highest BCUT2D eigenvalue weighted by molar-refractivity contribution is 6.61. The summed E-state index contributed by atoms with van der Waals surface area (Å²) in [6, 6.07) is 2.55. The van der Waals surface area contributed by atoms with Gasteiger partial charge in [0.1, 0.15) is 13.2 Å². The zero-order valence-corrected chi connectivity index (χ0v) is 11.4. The van der Waals surface area contributed by atoms with Gasteiger partial charge in [0.05, 0.1) is 23.7 Å². The molecule has 0 aliphatic heterocycles. The van der Waals surface area contributed by atoms with E-state index in [4.69, 9.17) is 21.1 Å². The Bertz CT molecular complexity index is 531. The average Bonchev–Trinajstić information content (AvgIpc) is 2.42. The minimum atomic E-state index is -1.05. The van der Waals surface area contributed by atoms with E-state index in [2.05, 4.69) is 11.3 Å². The molecule has 0 fully saturated rings. The number of nitrogens with zero attached hydrogens (tertiary/aromatic N) is 1. The van der Waals surface area contributed by atoms with Crippen molar-refractivity contribution in [2.24, 2.45) is 0 Å². The second kappa shape index (κ2) is 7.34. The van der Waals surface area contributed by atoms with Gasteiger partial charge in [-0.1, -0.05) is 12.7 Å². The van der Waals surface area contributed by atoms with Crippen LogP contribution in [0.4, 0.5) is 10.5 Å². The molecule has 0 heterocycles. The van der Waals surface area contributed by atoms with Crippen molar-refractivity contribution >= 4 is 22.7 Å². The molecule has 0 aliphatic rings. The molecule has 20 heavy (non-hydrogen) atoms. The largest absolute Gasteiger partial charge is 0.493 e. The number of ether oxygens (including phenoxy) is 3. The number of benzene rings is 1. The Morgan fingerprint density at radius 2 is 2.20 bits per heavy atom. The van der Waals surface area contributed by atoms with Gasteiger partial charge in [-0.15, -0.1) is 0 Å². The van der Waals surface area contributed by atoms with Gasteiger partial charge in [-0.3, -0.25) is 10.1 Å². The fraction of sp³-hybridized carbons (Fsp3) is 0.250. The summed E-state index contributed by atoms with van der Waals surface area (Å²) in [5.41, 5.74) is -1.17. The summed E-state index contributed by atoms with van der Waals surface area (Å²) in [6.07, 6.45) is 1.49. The first kappa shape index (κ1) is 15.8. The van der Waals surface area contributed by atoms with E-state index in [1.165, 1.54) is 25.3 Å². The van der Waals surface area contributed by atoms with Crippen LogP contribution in [0.3, 0.4) is 0 Å². The first-order valence-electron chi connectivity index (χ1n) is 5.40. The van der Waals surface area contributed by atoms with Gasteiger partial charge in [-0.25, -0.2) is 4.79 Å². The fourth-order valence-corrected chi connectivity index (χ4v) is 1.49. The number of hydrogen-bond donors (Lipinski definition) is 0. The lowest BCUT2D eigenvalue weighted by atomic mass is 10.1. The van der Waals surface area contributed by atoms with Gasteiger partial charge in [-0.05, 0) is 6.07 Å². The van der Waals surface area contributed by atoms with E-state index in [0.29, 0.717) is 0 Å². The number of nitro groups is 1. The predicted molar refractivity (Wildman–Crippen MR) is 71.4 cm³/mol. The highest BCUT2D eigenvalue weighted by Crippen LogP contribution is 2.35. The molecule has 108 valence electrons. The third-order valence-corrected chi connectivity index (χ3v) is 2.37. The molecule has 0 bridgehead atoms. The van der Waals surface area contributed by atoms with Crippen molar-refractivity contribution in [1.82, 2.24) is 0 Å². The second-order valence-corrected chi connectivity index (χ2v) is 3.82. The van der Waals surface area contributed by atoms with Gasteiger partial charge < -0.3 is 14.2 Å². The van der Waals surface area contributed by atoms with Gasteiger partial charge in [0, 0.05) is 11.6 Å². The summed E-state index contributed by atoms with van der Waals surface area (Å²) in [4.78, 5) is 21.0. The summed E-state index contributed by atoms with van der Waals surface area (Å²) in [5.74, 6) is 0.470. The lowest BCUT2D eigenvalue weighted by Crippen LogP contribution is -2.03. The molecule has 1 aromatic rings. The standard InChI is InChI=1S/C12H12ClNO6/c1-3-4-19-11-6-9(14(16)17)8(5-10(11)18-2)7-20-12(13)15/h3,5-6H,1,4,7H2,2H3. The van der Waals surface area contributed by atoms with Crippen LogP contribution in [0.25, 0.3) is 0 Å². The molecule has 0 atom stereocenters. The van der Waals surface area contributed by atoms with Crippen LogP contribution in [-0.4, -0.2) is 24.1 Å². The molecule has 0 aliphatic carbocycles. The maximum atomic E-state index is 11.0. The van der Waals surface area contributed by atoms with E-state index >= 15 is 0 Å².